The molecule has 23 heavy (non-hydrogen) atoms. The van der Waals surface area contributed by atoms with Crippen LogP contribution in [-0.4, -0.2) is 46.6 Å². The fraction of sp³-hybridized carbons (Fsp3) is 0.700. The molecule has 2 atom stereocenters. The van der Waals surface area contributed by atoms with E-state index in [0.29, 0.717) is 5.75 Å². The molecule has 3 aliphatic rings. The van der Waals surface area contributed by atoms with Crippen molar-refractivity contribution in [3.63, 3.8) is 0 Å². The van der Waals surface area contributed by atoms with Crippen molar-refractivity contribution in [3.8, 4) is 5.75 Å². The van der Waals surface area contributed by atoms with Gasteiger partial charge < -0.3 is 5.11 Å². The molecule has 126 valence electrons. The third-order valence-corrected chi connectivity index (χ3v) is 6.36. The lowest BCUT2D eigenvalue weighted by Crippen LogP contribution is -2.59. The predicted molar refractivity (Wildman–Crippen MR) is 93.5 cm³/mol. The van der Waals surface area contributed by atoms with Gasteiger partial charge in [0.1, 0.15) is 5.75 Å². The van der Waals surface area contributed by atoms with Gasteiger partial charge in [0, 0.05) is 31.7 Å². The minimum absolute atomic E-state index is 0.373. The minimum atomic E-state index is 0.373. The lowest BCUT2D eigenvalue weighted by Gasteiger charge is -2.49. The average molecular weight is 314 g/mol. The lowest BCUT2D eigenvalue weighted by atomic mass is 9.78. The Morgan fingerprint density at radius 1 is 0.870 bits per heavy atom. The summed E-state index contributed by atoms with van der Waals surface area (Å²) < 4.78 is 0. The molecule has 0 spiro atoms. The first-order valence-electron chi connectivity index (χ1n) is 9.57. The average Bonchev–Trinajstić information content (AvgIpc) is 3.06. The fourth-order valence-electron chi connectivity index (χ4n) is 5.27. The molecular weight excluding hydrogens is 284 g/mol. The summed E-state index contributed by atoms with van der Waals surface area (Å²) in [7, 11) is 0. The summed E-state index contributed by atoms with van der Waals surface area (Å²) in [6.45, 7) is 4.82. The first kappa shape index (κ1) is 15.5. The molecule has 0 aromatic heterocycles. The number of fused-ring (bicyclic) bond motifs is 1. The predicted octanol–water partition coefficient (Wildman–Crippen LogP) is 3.62. The highest BCUT2D eigenvalue weighted by atomic mass is 16.3. The fourth-order valence-corrected chi connectivity index (χ4v) is 5.27. The van der Waals surface area contributed by atoms with Crippen LogP contribution in [0, 0.1) is 5.92 Å². The number of aromatic hydroxyl groups is 1. The van der Waals surface area contributed by atoms with Gasteiger partial charge in [-0.3, -0.25) is 9.80 Å². The van der Waals surface area contributed by atoms with Crippen LogP contribution in [0.15, 0.2) is 24.3 Å². The van der Waals surface area contributed by atoms with Crippen LogP contribution in [0.25, 0.3) is 0 Å². The Morgan fingerprint density at radius 2 is 1.65 bits per heavy atom. The summed E-state index contributed by atoms with van der Waals surface area (Å²) in [5, 5.41) is 9.52. The number of hydrogen-bond donors (Lipinski definition) is 1. The molecule has 3 nitrogen and oxygen atoms in total. The molecule has 1 saturated carbocycles. The second-order valence-electron chi connectivity index (χ2n) is 7.77. The van der Waals surface area contributed by atoms with Crippen molar-refractivity contribution in [3.05, 3.63) is 29.8 Å². The molecule has 1 aliphatic carbocycles. The summed E-state index contributed by atoms with van der Waals surface area (Å²) in [5.74, 6) is 1.27. The number of benzene rings is 1. The van der Waals surface area contributed by atoms with Crippen LogP contribution in [0.4, 0.5) is 0 Å². The number of nitrogens with zero attached hydrogens (tertiary/aromatic N) is 2. The monoisotopic (exact) mass is 314 g/mol. The zero-order valence-electron chi connectivity index (χ0n) is 14.2. The van der Waals surface area contributed by atoms with Crippen molar-refractivity contribution in [2.75, 3.05) is 19.6 Å². The largest absolute Gasteiger partial charge is 0.508 e. The van der Waals surface area contributed by atoms with Crippen LogP contribution in [0.3, 0.4) is 0 Å². The maximum absolute atomic E-state index is 9.52. The van der Waals surface area contributed by atoms with E-state index in [1.165, 1.54) is 70.1 Å². The van der Waals surface area contributed by atoms with E-state index in [0.717, 1.165) is 24.5 Å². The normalized spacial score (nSPS) is 30.4. The quantitative estimate of drug-likeness (QED) is 0.923. The topological polar surface area (TPSA) is 26.7 Å². The van der Waals surface area contributed by atoms with Gasteiger partial charge in [-0.1, -0.05) is 31.4 Å². The van der Waals surface area contributed by atoms with Gasteiger partial charge in [0.2, 0.25) is 0 Å². The first-order chi connectivity index (χ1) is 11.3. The molecule has 0 radical (unpaired) electrons. The standard InChI is InChI=1S/C20H30N2O/c23-18-10-8-16(9-11-18)15-22-14-13-21-12-4-7-19(21)20(22)17-5-2-1-3-6-17/h8-11,17,19-20,23H,1-7,12-15H2/t19-,20-/m0/s1. The van der Waals surface area contributed by atoms with Crippen molar-refractivity contribution < 1.29 is 5.11 Å². The van der Waals surface area contributed by atoms with Crippen LogP contribution < -0.4 is 0 Å². The molecule has 4 rings (SSSR count). The number of rotatable bonds is 3. The highest BCUT2D eigenvalue weighted by Crippen LogP contribution is 2.38. The van der Waals surface area contributed by atoms with E-state index >= 15 is 0 Å². The van der Waals surface area contributed by atoms with E-state index in [2.05, 4.69) is 21.9 Å². The van der Waals surface area contributed by atoms with Crippen molar-refractivity contribution >= 4 is 0 Å². The first-order valence-corrected chi connectivity index (χ1v) is 9.57. The van der Waals surface area contributed by atoms with E-state index in [-0.39, 0.29) is 0 Å². The molecule has 1 aromatic rings. The smallest absolute Gasteiger partial charge is 0.115 e. The Morgan fingerprint density at radius 3 is 2.43 bits per heavy atom. The molecule has 3 heteroatoms. The Balaban J connectivity index is 1.53. The third-order valence-electron chi connectivity index (χ3n) is 6.36. The molecule has 0 unspecified atom stereocenters. The molecule has 1 N–H and O–H groups in total. The summed E-state index contributed by atoms with van der Waals surface area (Å²) >= 11 is 0. The van der Waals surface area contributed by atoms with Crippen LogP contribution in [0.5, 0.6) is 5.75 Å². The van der Waals surface area contributed by atoms with E-state index < -0.39 is 0 Å². The lowest BCUT2D eigenvalue weighted by molar-refractivity contribution is -0.00380. The Bertz CT molecular complexity index is 509. The maximum atomic E-state index is 9.52. The summed E-state index contributed by atoms with van der Waals surface area (Å²) in [5.41, 5.74) is 1.34. The van der Waals surface area contributed by atoms with Gasteiger partial charge in [-0.15, -0.1) is 0 Å². The second-order valence-corrected chi connectivity index (χ2v) is 7.77. The minimum Gasteiger partial charge on any atom is -0.508 e. The Kier molecular flexibility index (Phi) is 4.59. The van der Waals surface area contributed by atoms with Gasteiger partial charge in [0.15, 0.2) is 0 Å². The van der Waals surface area contributed by atoms with E-state index in [1.807, 2.05) is 12.1 Å². The molecule has 2 heterocycles. The summed E-state index contributed by atoms with van der Waals surface area (Å²) in [6.07, 6.45) is 9.95. The SMILES string of the molecule is Oc1ccc(CN2CCN3CCC[C@H]3[C@@H]2C2CCCCC2)cc1. The number of phenolic OH excluding ortho intramolecular Hbond substituents is 1. The van der Waals surface area contributed by atoms with Gasteiger partial charge >= 0.3 is 0 Å². The van der Waals surface area contributed by atoms with Gasteiger partial charge in [-0.2, -0.15) is 0 Å². The third kappa shape index (κ3) is 3.27. The zero-order valence-corrected chi connectivity index (χ0v) is 14.2. The Labute approximate surface area is 140 Å². The summed E-state index contributed by atoms with van der Waals surface area (Å²) in [4.78, 5) is 5.54. The molecular formula is C20H30N2O. The highest BCUT2D eigenvalue weighted by molar-refractivity contribution is 5.26. The summed E-state index contributed by atoms with van der Waals surface area (Å²) in [6, 6.07) is 9.39. The van der Waals surface area contributed by atoms with Gasteiger partial charge in [-0.05, 0) is 55.8 Å². The van der Waals surface area contributed by atoms with Crippen molar-refractivity contribution in [1.82, 2.24) is 9.80 Å². The van der Waals surface area contributed by atoms with Crippen molar-refractivity contribution in [2.45, 2.75) is 63.6 Å². The van der Waals surface area contributed by atoms with E-state index in [9.17, 15) is 5.11 Å². The number of hydrogen-bond acceptors (Lipinski definition) is 3. The molecule has 2 aliphatic heterocycles. The molecule has 2 saturated heterocycles. The molecule has 1 aromatic carbocycles. The van der Waals surface area contributed by atoms with E-state index in [4.69, 9.17) is 0 Å². The second kappa shape index (κ2) is 6.82. The molecule has 0 bridgehead atoms. The van der Waals surface area contributed by atoms with Crippen LogP contribution in [0.2, 0.25) is 0 Å². The van der Waals surface area contributed by atoms with Crippen LogP contribution in [0.1, 0.15) is 50.5 Å². The molecule has 3 fully saturated rings. The maximum Gasteiger partial charge on any atom is 0.115 e. The molecule has 0 amide bonds. The van der Waals surface area contributed by atoms with Gasteiger partial charge in [0.25, 0.3) is 0 Å². The van der Waals surface area contributed by atoms with Gasteiger partial charge in [0.05, 0.1) is 0 Å². The van der Waals surface area contributed by atoms with Gasteiger partial charge in [-0.25, -0.2) is 0 Å². The van der Waals surface area contributed by atoms with E-state index in [1.54, 1.807) is 0 Å². The van der Waals surface area contributed by atoms with Crippen LogP contribution >= 0.6 is 0 Å². The number of piperazine rings is 1. The zero-order chi connectivity index (χ0) is 15.6. The van der Waals surface area contributed by atoms with Crippen LogP contribution in [-0.2, 0) is 6.54 Å². The highest BCUT2D eigenvalue weighted by Gasteiger charge is 2.42. The van der Waals surface area contributed by atoms with Crippen molar-refractivity contribution in [2.24, 2.45) is 5.92 Å². The Hall–Kier alpha value is -1.06. The number of phenols is 1. The van der Waals surface area contributed by atoms with Crippen molar-refractivity contribution in [1.29, 1.82) is 0 Å².